The van der Waals surface area contributed by atoms with Gasteiger partial charge in [-0.05, 0) is 30.3 Å². The van der Waals surface area contributed by atoms with Gasteiger partial charge in [-0.15, -0.1) is 0 Å². The Bertz CT molecular complexity index is 1180. The molecule has 3 N–H and O–H groups in total. The Hall–Kier alpha value is -3.91. The number of benzene rings is 2. The normalized spacial score (nSPS) is 10.8. The maximum atomic E-state index is 9.69. The molecule has 2 aromatic carbocycles. The van der Waals surface area contributed by atoms with E-state index < -0.39 is 0 Å². The molecule has 0 saturated heterocycles. The number of nitrogens with two attached hydrogens (primary N) is 1. The average Bonchev–Trinajstić information content (AvgIpc) is 2.82. The van der Waals surface area contributed by atoms with Crippen molar-refractivity contribution >= 4 is 28.2 Å². The lowest BCUT2D eigenvalue weighted by molar-refractivity contribution is 0.305. The SMILES string of the molecule is COc1cc(OC)cc(N(CCO)c2ccc3ncc(-c4ccc(N)nc4)nc3c2)c1. The van der Waals surface area contributed by atoms with Gasteiger partial charge in [0.1, 0.15) is 17.3 Å². The Balaban J connectivity index is 1.78. The minimum atomic E-state index is -0.0274. The van der Waals surface area contributed by atoms with Gasteiger partial charge in [0, 0.05) is 47.9 Å². The highest BCUT2D eigenvalue weighted by Crippen LogP contribution is 2.34. The summed E-state index contributed by atoms with van der Waals surface area (Å²) in [5.74, 6) is 1.78. The molecule has 0 spiro atoms. The van der Waals surface area contributed by atoms with Crippen molar-refractivity contribution in [2.45, 2.75) is 0 Å². The highest BCUT2D eigenvalue weighted by atomic mass is 16.5. The lowest BCUT2D eigenvalue weighted by Crippen LogP contribution is -2.21. The molecule has 8 nitrogen and oxygen atoms in total. The molecule has 0 unspecified atom stereocenters. The smallest absolute Gasteiger partial charge is 0.124 e. The van der Waals surface area contributed by atoms with Crippen LogP contribution in [0, 0.1) is 0 Å². The van der Waals surface area contributed by atoms with E-state index >= 15 is 0 Å². The number of hydrogen-bond acceptors (Lipinski definition) is 8. The largest absolute Gasteiger partial charge is 0.497 e. The third-order valence-electron chi connectivity index (χ3n) is 4.89. The van der Waals surface area contributed by atoms with Gasteiger partial charge < -0.3 is 25.2 Å². The van der Waals surface area contributed by atoms with Crippen LogP contribution in [0.2, 0.25) is 0 Å². The van der Waals surface area contributed by atoms with Gasteiger partial charge in [0.05, 0.1) is 43.8 Å². The van der Waals surface area contributed by atoms with Crippen LogP contribution in [-0.4, -0.2) is 47.4 Å². The van der Waals surface area contributed by atoms with Crippen LogP contribution in [0.5, 0.6) is 11.5 Å². The molecule has 31 heavy (non-hydrogen) atoms. The zero-order valence-corrected chi connectivity index (χ0v) is 17.3. The number of rotatable bonds is 7. The number of nitrogen functional groups attached to an aromatic ring is 1. The summed E-state index contributed by atoms with van der Waals surface area (Å²) in [5, 5.41) is 9.69. The molecule has 0 aliphatic carbocycles. The van der Waals surface area contributed by atoms with Gasteiger partial charge >= 0.3 is 0 Å². The zero-order valence-electron chi connectivity index (χ0n) is 17.3. The van der Waals surface area contributed by atoms with E-state index in [0.29, 0.717) is 29.6 Å². The molecule has 0 amide bonds. The fourth-order valence-corrected chi connectivity index (χ4v) is 3.32. The van der Waals surface area contributed by atoms with Gasteiger partial charge in [-0.1, -0.05) is 0 Å². The van der Waals surface area contributed by atoms with Gasteiger partial charge in [-0.2, -0.15) is 0 Å². The average molecular weight is 417 g/mol. The van der Waals surface area contributed by atoms with Gasteiger partial charge in [0.25, 0.3) is 0 Å². The van der Waals surface area contributed by atoms with E-state index in [1.54, 1.807) is 38.7 Å². The number of aromatic nitrogens is 3. The van der Waals surface area contributed by atoms with Crippen molar-refractivity contribution < 1.29 is 14.6 Å². The Morgan fingerprint density at radius 2 is 1.65 bits per heavy atom. The summed E-state index contributed by atoms with van der Waals surface area (Å²) < 4.78 is 10.8. The minimum Gasteiger partial charge on any atom is -0.497 e. The van der Waals surface area contributed by atoms with Crippen molar-refractivity contribution in [3.63, 3.8) is 0 Å². The van der Waals surface area contributed by atoms with E-state index in [0.717, 1.165) is 28.0 Å². The van der Waals surface area contributed by atoms with Crippen LogP contribution in [0.25, 0.3) is 22.3 Å². The van der Waals surface area contributed by atoms with Crippen molar-refractivity contribution in [2.24, 2.45) is 0 Å². The first-order chi connectivity index (χ1) is 15.1. The van der Waals surface area contributed by atoms with Gasteiger partial charge in [-0.25, -0.2) is 9.97 Å². The Kier molecular flexibility index (Phi) is 5.81. The molecule has 2 heterocycles. The van der Waals surface area contributed by atoms with Crippen molar-refractivity contribution in [3.05, 3.63) is 60.9 Å². The second kappa shape index (κ2) is 8.85. The van der Waals surface area contributed by atoms with Crippen LogP contribution >= 0.6 is 0 Å². The van der Waals surface area contributed by atoms with E-state index in [9.17, 15) is 5.11 Å². The summed E-state index contributed by atoms with van der Waals surface area (Å²) in [4.78, 5) is 15.4. The lowest BCUT2D eigenvalue weighted by Gasteiger charge is -2.25. The number of aliphatic hydroxyl groups excluding tert-OH is 1. The topological polar surface area (TPSA) is 107 Å². The van der Waals surface area contributed by atoms with E-state index in [2.05, 4.69) is 9.97 Å². The quantitative estimate of drug-likeness (QED) is 0.471. The lowest BCUT2D eigenvalue weighted by atomic mass is 10.1. The number of nitrogens with zero attached hydrogens (tertiary/aromatic N) is 4. The first-order valence-corrected chi connectivity index (χ1v) is 9.71. The van der Waals surface area contributed by atoms with Gasteiger partial charge in [0.15, 0.2) is 0 Å². The molecule has 158 valence electrons. The second-order valence-electron chi connectivity index (χ2n) is 6.85. The highest BCUT2D eigenvalue weighted by Gasteiger charge is 2.14. The summed E-state index contributed by atoms with van der Waals surface area (Å²) >= 11 is 0. The molecule has 0 bridgehead atoms. The van der Waals surface area contributed by atoms with Crippen LogP contribution in [0.3, 0.4) is 0 Å². The number of anilines is 3. The van der Waals surface area contributed by atoms with Crippen molar-refractivity contribution in [1.29, 1.82) is 0 Å². The molecule has 0 atom stereocenters. The Labute approximate surface area is 179 Å². The summed E-state index contributed by atoms with van der Waals surface area (Å²) in [6.45, 7) is 0.358. The second-order valence-corrected chi connectivity index (χ2v) is 6.85. The minimum absolute atomic E-state index is 0.0274. The van der Waals surface area contributed by atoms with Gasteiger partial charge in [0.2, 0.25) is 0 Å². The molecule has 0 aliphatic heterocycles. The van der Waals surface area contributed by atoms with Crippen LogP contribution in [0.4, 0.5) is 17.2 Å². The first-order valence-electron chi connectivity index (χ1n) is 9.71. The molecule has 4 rings (SSSR count). The van der Waals surface area contributed by atoms with E-state index in [1.807, 2.05) is 41.3 Å². The molecule has 0 saturated carbocycles. The fourth-order valence-electron chi connectivity index (χ4n) is 3.32. The molecular formula is C23H23N5O3. The molecule has 4 aromatic rings. The predicted molar refractivity (Wildman–Crippen MR) is 121 cm³/mol. The Morgan fingerprint density at radius 1 is 0.871 bits per heavy atom. The molecule has 8 heteroatoms. The van der Waals surface area contributed by atoms with Crippen LogP contribution < -0.4 is 20.1 Å². The molecule has 0 fully saturated rings. The number of ether oxygens (including phenoxy) is 2. The molecular weight excluding hydrogens is 394 g/mol. The summed E-state index contributed by atoms with van der Waals surface area (Å²) in [5.41, 5.74) is 10.4. The summed E-state index contributed by atoms with van der Waals surface area (Å²) in [6.07, 6.45) is 3.39. The highest BCUT2D eigenvalue weighted by molar-refractivity contribution is 5.82. The molecule has 0 aliphatic rings. The number of methoxy groups -OCH3 is 2. The predicted octanol–water partition coefficient (Wildman–Crippen LogP) is 3.42. The maximum Gasteiger partial charge on any atom is 0.124 e. The first kappa shape index (κ1) is 20.4. The van der Waals surface area contributed by atoms with Gasteiger partial charge in [-0.3, -0.25) is 4.98 Å². The monoisotopic (exact) mass is 417 g/mol. The number of hydrogen-bond donors (Lipinski definition) is 2. The van der Waals surface area contributed by atoms with Crippen LogP contribution in [0.15, 0.2) is 60.9 Å². The maximum absolute atomic E-state index is 9.69. The van der Waals surface area contributed by atoms with E-state index in [-0.39, 0.29) is 6.61 Å². The number of pyridine rings is 1. The summed E-state index contributed by atoms with van der Waals surface area (Å²) in [7, 11) is 3.21. The van der Waals surface area contributed by atoms with Crippen molar-refractivity contribution in [2.75, 3.05) is 38.0 Å². The summed E-state index contributed by atoms with van der Waals surface area (Å²) in [6, 6.07) is 15.0. The Morgan fingerprint density at radius 3 is 2.29 bits per heavy atom. The van der Waals surface area contributed by atoms with Crippen molar-refractivity contribution in [1.82, 2.24) is 15.0 Å². The number of fused-ring (bicyclic) bond motifs is 1. The third-order valence-corrected chi connectivity index (χ3v) is 4.89. The standard InChI is InChI=1S/C23H23N5O3/c1-30-18-9-17(10-19(12-18)31-2)28(7-8-29)16-4-5-20-21(11-16)27-22(14-25-20)15-3-6-23(24)26-13-15/h3-6,9-14,29H,7-8H2,1-2H3,(H2,24,26). The zero-order chi connectivity index (χ0) is 21.8. The number of aliphatic hydroxyl groups is 1. The van der Waals surface area contributed by atoms with Crippen LogP contribution in [-0.2, 0) is 0 Å². The van der Waals surface area contributed by atoms with Crippen molar-refractivity contribution in [3.8, 4) is 22.8 Å². The van der Waals surface area contributed by atoms with E-state index in [4.69, 9.17) is 20.2 Å². The third kappa shape index (κ3) is 4.34. The van der Waals surface area contributed by atoms with Crippen LogP contribution in [0.1, 0.15) is 0 Å². The fraction of sp³-hybridized carbons (Fsp3) is 0.174. The molecule has 0 radical (unpaired) electrons. The molecule has 2 aromatic heterocycles. The van der Waals surface area contributed by atoms with E-state index in [1.165, 1.54) is 0 Å².